The third-order valence-electron chi connectivity index (χ3n) is 3.51. The van der Waals surface area contributed by atoms with Crippen LogP contribution in [0.4, 0.5) is 8.78 Å². The van der Waals surface area contributed by atoms with Crippen molar-refractivity contribution in [1.82, 2.24) is 5.32 Å². The first-order chi connectivity index (χ1) is 9.95. The van der Waals surface area contributed by atoms with Crippen molar-refractivity contribution >= 4 is 0 Å². The number of halogens is 2. The normalized spacial score (nSPS) is 22.0. The molecule has 0 bridgehead atoms. The lowest BCUT2D eigenvalue weighted by atomic mass is 10.2. The average Bonchev–Trinajstić information content (AvgIpc) is 2.81. The first-order valence-corrected chi connectivity index (χ1v) is 7.45. The number of nitrogens with one attached hydrogen (secondary N) is 1. The molecule has 1 aliphatic rings. The molecule has 1 fully saturated rings. The second kappa shape index (κ2) is 7.18. The Kier molecular flexibility index (Phi) is 5.53. The molecular formula is C16H23F2NO2. The quantitative estimate of drug-likeness (QED) is 0.873. The van der Waals surface area contributed by atoms with Crippen LogP contribution in [-0.2, 0) is 11.3 Å². The fourth-order valence-corrected chi connectivity index (χ4v) is 2.36. The lowest BCUT2D eigenvalue weighted by Crippen LogP contribution is -2.22. The molecule has 1 heterocycles. The minimum Gasteiger partial charge on any atom is -0.485 e. The van der Waals surface area contributed by atoms with Gasteiger partial charge in [0.05, 0.1) is 12.2 Å². The highest BCUT2D eigenvalue weighted by Gasteiger charge is 2.23. The molecule has 2 rings (SSSR count). The van der Waals surface area contributed by atoms with E-state index in [0.717, 1.165) is 12.8 Å². The zero-order valence-electron chi connectivity index (χ0n) is 12.8. The van der Waals surface area contributed by atoms with Crippen molar-refractivity contribution < 1.29 is 18.3 Å². The van der Waals surface area contributed by atoms with Crippen LogP contribution in [0.3, 0.4) is 0 Å². The van der Waals surface area contributed by atoms with Crippen LogP contribution in [0.5, 0.6) is 5.75 Å². The van der Waals surface area contributed by atoms with Gasteiger partial charge in [0.25, 0.3) is 0 Å². The number of rotatable bonds is 6. The van der Waals surface area contributed by atoms with Crippen LogP contribution in [0, 0.1) is 11.6 Å². The lowest BCUT2D eigenvalue weighted by Gasteiger charge is -2.15. The van der Waals surface area contributed by atoms with Crippen molar-refractivity contribution in [1.29, 1.82) is 0 Å². The van der Waals surface area contributed by atoms with Gasteiger partial charge in [0.15, 0.2) is 17.4 Å². The van der Waals surface area contributed by atoms with Gasteiger partial charge in [-0.2, -0.15) is 0 Å². The number of ether oxygens (including phenoxy) is 2. The summed E-state index contributed by atoms with van der Waals surface area (Å²) in [5.41, 5.74) is 0.566. The summed E-state index contributed by atoms with van der Waals surface area (Å²) in [5, 5.41) is 3.12. The number of hydrogen-bond acceptors (Lipinski definition) is 3. The van der Waals surface area contributed by atoms with Gasteiger partial charge in [0.2, 0.25) is 0 Å². The molecule has 1 aliphatic heterocycles. The first kappa shape index (κ1) is 16.2. The van der Waals surface area contributed by atoms with Gasteiger partial charge < -0.3 is 14.8 Å². The van der Waals surface area contributed by atoms with Crippen molar-refractivity contribution in [2.75, 3.05) is 6.61 Å². The summed E-state index contributed by atoms with van der Waals surface area (Å²) in [5.74, 6) is -1.64. The van der Waals surface area contributed by atoms with E-state index in [1.807, 2.05) is 20.8 Å². The molecule has 118 valence electrons. The highest BCUT2D eigenvalue weighted by Crippen LogP contribution is 2.25. The molecular weight excluding hydrogens is 276 g/mol. The molecule has 21 heavy (non-hydrogen) atoms. The van der Waals surface area contributed by atoms with Crippen LogP contribution >= 0.6 is 0 Å². The summed E-state index contributed by atoms with van der Waals surface area (Å²) < 4.78 is 38.8. The van der Waals surface area contributed by atoms with E-state index in [1.165, 1.54) is 12.1 Å². The fourth-order valence-electron chi connectivity index (χ4n) is 2.36. The summed E-state index contributed by atoms with van der Waals surface area (Å²) in [7, 11) is 0. The molecule has 0 radical (unpaired) electrons. The molecule has 3 nitrogen and oxygen atoms in total. The molecule has 0 amide bonds. The third kappa shape index (κ3) is 4.64. The Morgan fingerprint density at radius 1 is 1.29 bits per heavy atom. The largest absolute Gasteiger partial charge is 0.485 e. The highest BCUT2D eigenvalue weighted by molar-refractivity contribution is 5.31. The van der Waals surface area contributed by atoms with Crippen LogP contribution < -0.4 is 10.1 Å². The first-order valence-electron chi connectivity index (χ1n) is 7.45. The molecule has 1 aromatic carbocycles. The Bertz CT molecular complexity index is 456. The van der Waals surface area contributed by atoms with E-state index in [-0.39, 0.29) is 30.6 Å². The van der Waals surface area contributed by atoms with E-state index in [2.05, 4.69) is 5.32 Å². The van der Waals surface area contributed by atoms with Gasteiger partial charge in [-0.15, -0.1) is 0 Å². The minimum atomic E-state index is -0.665. The fraction of sp³-hybridized carbons (Fsp3) is 0.625. The summed E-state index contributed by atoms with van der Waals surface area (Å²) in [4.78, 5) is 0. The maximum atomic E-state index is 14.0. The maximum Gasteiger partial charge on any atom is 0.190 e. The van der Waals surface area contributed by atoms with E-state index < -0.39 is 11.6 Å². The van der Waals surface area contributed by atoms with Crippen LogP contribution in [0.1, 0.15) is 39.2 Å². The van der Waals surface area contributed by atoms with Gasteiger partial charge in [0, 0.05) is 12.6 Å². The van der Waals surface area contributed by atoms with E-state index in [9.17, 15) is 8.78 Å². The van der Waals surface area contributed by atoms with Gasteiger partial charge in [-0.25, -0.2) is 8.78 Å². The van der Waals surface area contributed by atoms with Gasteiger partial charge in [-0.1, -0.05) is 13.8 Å². The van der Waals surface area contributed by atoms with Crippen molar-refractivity contribution in [2.45, 2.75) is 58.4 Å². The van der Waals surface area contributed by atoms with E-state index >= 15 is 0 Å². The highest BCUT2D eigenvalue weighted by atomic mass is 19.1. The molecule has 0 spiro atoms. The Hall–Kier alpha value is -1.20. The van der Waals surface area contributed by atoms with Crippen molar-refractivity contribution in [2.24, 2.45) is 0 Å². The van der Waals surface area contributed by atoms with Crippen molar-refractivity contribution in [3.63, 3.8) is 0 Å². The summed E-state index contributed by atoms with van der Waals surface area (Å²) in [6, 6.07) is 2.88. The standard InChI is InChI=1S/C16H23F2NO2/c1-10(2)19-8-12-6-14(17)16(15(18)7-12)20-9-13-5-4-11(3)21-13/h6-7,10-11,13,19H,4-5,8-9H2,1-3H3. The van der Waals surface area contributed by atoms with Crippen molar-refractivity contribution in [3.05, 3.63) is 29.3 Å². The minimum absolute atomic E-state index is 0.0823. The second-order valence-corrected chi connectivity index (χ2v) is 5.88. The van der Waals surface area contributed by atoms with Gasteiger partial charge in [-0.3, -0.25) is 0 Å². The molecule has 1 aromatic rings. The molecule has 1 saturated heterocycles. The summed E-state index contributed by atoms with van der Waals surface area (Å²) >= 11 is 0. The molecule has 2 unspecified atom stereocenters. The lowest BCUT2D eigenvalue weighted by molar-refractivity contribution is 0.0247. The summed E-state index contributed by atoms with van der Waals surface area (Å²) in [6.45, 7) is 6.55. The van der Waals surface area contributed by atoms with Crippen LogP contribution in [0.2, 0.25) is 0 Å². The monoisotopic (exact) mass is 299 g/mol. The molecule has 0 saturated carbocycles. The molecule has 1 N–H and O–H groups in total. The zero-order valence-corrected chi connectivity index (χ0v) is 12.8. The maximum absolute atomic E-state index is 14.0. The van der Waals surface area contributed by atoms with Crippen LogP contribution in [0.15, 0.2) is 12.1 Å². The molecule has 0 aliphatic carbocycles. The Morgan fingerprint density at radius 2 is 1.95 bits per heavy atom. The molecule has 0 aromatic heterocycles. The third-order valence-corrected chi connectivity index (χ3v) is 3.51. The smallest absolute Gasteiger partial charge is 0.190 e. The predicted molar refractivity (Wildman–Crippen MR) is 77.4 cm³/mol. The predicted octanol–water partition coefficient (Wildman–Crippen LogP) is 3.41. The summed E-state index contributed by atoms with van der Waals surface area (Å²) in [6.07, 6.45) is 1.93. The SMILES string of the molecule is CC(C)NCc1cc(F)c(OCC2CCC(C)O2)c(F)c1. The topological polar surface area (TPSA) is 30.5 Å². The Labute approximate surface area is 124 Å². The zero-order chi connectivity index (χ0) is 15.4. The van der Waals surface area contributed by atoms with Crippen LogP contribution in [-0.4, -0.2) is 24.9 Å². The van der Waals surface area contributed by atoms with Crippen molar-refractivity contribution in [3.8, 4) is 5.75 Å². The van der Waals surface area contributed by atoms with Crippen LogP contribution in [0.25, 0.3) is 0 Å². The molecule has 2 atom stereocenters. The Morgan fingerprint density at radius 3 is 2.48 bits per heavy atom. The van der Waals surface area contributed by atoms with Gasteiger partial charge >= 0.3 is 0 Å². The van der Waals surface area contributed by atoms with E-state index in [0.29, 0.717) is 12.1 Å². The Balaban J connectivity index is 1.96. The number of hydrogen-bond donors (Lipinski definition) is 1. The van der Waals surface area contributed by atoms with Gasteiger partial charge in [0.1, 0.15) is 6.61 Å². The number of benzene rings is 1. The van der Waals surface area contributed by atoms with E-state index in [1.54, 1.807) is 0 Å². The van der Waals surface area contributed by atoms with E-state index in [4.69, 9.17) is 9.47 Å². The average molecular weight is 299 g/mol. The molecule has 5 heteroatoms. The second-order valence-electron chi connectivity index (χ2n) is 5.88. The van der Waals surface area contributed by atoms with Gasteiger partial charge in [-0.05, 0) is 37.5 Å².